The van der Waals surface area contributed by atoms with Crippen LogP contribution in [-0.4, -0.2) is 14.1 Å². The summed E-state index contributed by atoms with van der Waals surface area (Å²) in [5.74, 6) is 0.482. The normalized spacial score (nSPS) is 11.1. The van der Waals surface area contributed by atoms with Crippen molar-refractivity contribution in [3.63, 3.8) is 0 Å². The van der Waals surface area contributed by atoms with Crippen molar-refractivity contribution < 1.29 is 4.42 Å². The Balaban J connectivity index is 2.02. The number of hydrogen-bond acceptors (Lipinski definition) is 4. The van der Waals surface area contributed by atoms with Crippen molar-refractivity contribution in [2.75, 3.05) is 0 Å². The Bertz CT molecular complexity index is 1180. The number of rotatable bonds is 2. The number of nitrogens with zero attached hydrogens (tertiary/aromatic N) is 3. The Hall–Kier alpha value is -2.99. The molecule has 0 fully saturated rings. The predicted molar refractivity (Wildman–Crippen MR) is 99.2 cm³/mol. The summed E-state index contributed by atoms with van der Waals surface area (Å²) >= 11 is 5.57. The zero-order valence-electron chi connectivity index (χ0n) is 13.9. The van der Waals surface area contributed by atoms with Crippen LogP contribution in [0.25, 0.3) is 28.4 Å². The third-order valence-electron chi connectivity index (χ3n) is 4.15. The molecule has 0 bridgehead atoms. The first-order valence-electron chi connectivity index (χ1n) is 7.86. The lowest BCUT2D eigenvalue weighted by atomic mass is 10.2. The first kappa shape index (κ1) is 15.5. The maximum Gasteiger partial charge on any atom is 0.234 e. The van der Waals surface area contributed by atoms with Gasteiger partial charge in [-0.05, 0) is 43.4 Å². The molecule has 2 aromatic carbocycles. The SMILES string of the molecule is Cc1ccc(-n2c(=N)c3nc(-c4ccccc4)oc3n(C)c2=S)cc1. The molecule has 0 aliphatic rings. The molecule has 6 heteroatoms. The summed E-state index contributed by atoms with van der Waals surface area (Å²) in [5, 5.41) is 8.60. The van der Waals surface area contributed by atoms with Crippen LogP contribution < -0.4 is 5.49 Å². The Kier molecular flexibility index (Phi) is 3.62. The lowest BCUT2D eigenvalue weighted by Gasteiger charge is -2.10. The monoisotopic (exact) mass is 348 g/mol. The van der Waals surface area contributed by atoms with Gasteiger partial charge in [0.25, 0.3) is 0 Å². The topological polar surface area (TPSA) is 59.7 Å². The standard InChI is InChI=1S/C19H16N4OS/c1-12-8-10-14(11-9-12)23-16(20)15-18(22(2)19(23)25)24-17(21-15)13-6-4-3-5-7-13/h3-11,20H,1-2H3. The third kappa shape index (κ3) is 2.51. The molecule has 2 aromatic heterocycles. The van der Waals surface area contributed by atoms with Crippen LogP contribution in [0.4, 0.5) is 0 Å². The number of aromatic nitrogens is 3. The Morgan fingerprint density at radius 1 is 1.04 bits per heavy atom. The minimum absolute atomic E-state index is 0.216. The van der Waals surface area contributed by atoms with Crippen LogP contribution in [0, 0.1) is 17.1 Å². The van der Waals surface area contributed by atoms with Gasteiger partial charge in [0.2, 0.25) is 11.6 Å². The van der Waals surface area contributed by atoms with E-state index in [4.69, 9.17) is 22.0 Å². The molecule has 1 N–H and O–H groups in total. The number of aryl methyl sites for hydroxylation is 2. The molecule has 0 amide bonds. The molecular weight excluding hydrogens is 332 g/mol. The molecule has 25 heavy (non-hydrogen) atoms. The van der Waals surface area contributed by atoms with E-state index in [2.05, 4.69) is 4.98 Å². The second-order valence-corrected chi connectivity index (χ2v) is 6.27. The molecule has 2 heterocycles. The molecule has 0 atom stereocenters. The second-order valence-electron chi connectivity index (χ2n) is 5.90. The van der Waals surface area contributed by atoms with Gasteiger partial charge in [-0.2, -0.15) is 0 Å². The average Bonchev–Trinajstić information content (AvgIpc) is 3.08. The molecule has 0 spiro atoms. The number of oxazole rings is 1. The van der Waals surface area contributed by atoms with Gasteiger partial charge in [0.05, 0.1) is 0 Å². The molecule has 0 radical (unpaired) electrons. The molecule has 0 aliphatic heterocycles. The maximum atomic E-state index is 8.60. The Morgan fingerprint density at radius 3 is 2.40 bits per heavy atom. The summed E-state index contributed by atoms with van der Waals surface area (Å²) in [6.45, 7) is 2.03. The van der Waals surface area contributed by atoms with Crippen LogP contribution in [0.1, 0.15) is 5.56 Å². The largest absolute Gasteiger partial charge is 0.419 e. The fraction of sp³-hybridized carbons (Fsp3) is 0.105. The molecular formula is C19H16N4OS. The van der Waals surface area contributed by atoms with E-state index in [1.165, 1.54) is 0 Å². The molecule has 0 unspecified atom stereocenters. The van der Waals surface area contributed by atoms with Crippen molar-refractivity contribution in [3.8, 4) is 17.1 Å². The zero-order chi connectivity index (χ0) is 17.6. The number of benzene rings is 2. The fourth-order valence-corrected chi connectivity index (χ4v) is 3.05. The second kappa shape index (κ2) is 5.82. The number of nitrogens with one attached hydrogen (secondary N) is 1. The van der Waals surface area contributed by atoms with Crippen molar-refractivity contribution in [2.24, 2.45) is 7.05 Å². The summed E-state index contributed by atoms with van der Waals surface area (Å²) in [4.78, 5) is 4.55. The summed E-state index contributed by atoms with van der Waals surface area (Å²) in [6.07, 6.45) is 0. The van der Waals surface area contributed by atoms with Gasteiger partial charge >= 0.3 is 0 Å². The summed E-state index contributed by atoms with van der Waals surface area (Å²) in [6, 6.07) is 17.6. The number of fused-ring (bicyclic) bond motifs is 1. The Morgan fingerprint density at radius 2 is 1.72 bits per heavy atom. The highest BCUT2D eigenvalue weighted by atomic mass is 32.1. The van der Waals surface area contributed by atoms with E-state index < -0.39 is 0 Å². The van der Waals surface area contributed by atoms with Gasteiger partial charge in [-0.1, -0.05) is 35.9 Å². The highest BCUT2D eigenvalue weighted by molar-refractivity contribution is 7.71. The quantitative estimate of drug-likeness (QED) is 0.554. The van der Waals surface area contributed by atoms with E-state index in [-0.39, 0.29) is 5.49 Å². The van der Waals surface area contributed by atoms with Crippen molar-refractivity contribution in [1.29, 1.82) is 5.41 Å². The Labute approximate surface area is 149 Å². The first-order valence-corrected chi connectivity index (χ1v) is 8.27. The predicted octanol–water partition coefficient (Wildman–Crippen LogP) is 4.14. The molecule has 0 saturated carbocycles. The van der Waals surface area contributed by atoms with Crippen LogP contribution in [0.3, 0.4) is 0 Å². The van der Waals surface area contributed by atoms with Gasteiger partial charge in [-0.15, -0.1) is 0 Å². The van der Waals surface area contributed by atoms with E-state index in [0.717, 1.165) is 16.8 Å². The minimum Gasteiger partial charge on any atom is -0.419 e. The van der Waals surface area contributed by atoms with E-state index in [1.54, 1.807) is 9.13 Å². The van der Waals surface area contributed by atoms with Gasteiger partial charge in [-0.25, -0.2) is 4.98 Å². The van der Waals surface area contributed by atoms with Crippen LogP contribution in [0.5, 0.6) is 0 Å². The van der Waals surface area contributed by atoms with Crippen molar-refractivity contribution in [1.82, 2.24) is 14.1 Å². The summed E-state index contributed by atoms with van der Waals surface area (Å²) in [5.41, 5.74) is 4.05. The summed E-state index contributed by atoms with van der Waals surface area (Å²) < 4.78 is 9.85. The first-order chi connectivity index (χ1) is 12.1. The van der Waals surface area contributed by atoms with Crippen molar-refractivity contribution >= 4 is 23.4 Å². The van der Waals surface area contributed by atoms with Crippen molar-refractivity contribution in [2.45, 2.75) is 6.92 Å². The fourth-order valence-electron chi connectivity index (χ4n) is 2.77. The maximum absolute atomic E-state index is 8.60. The van der Waals surface area contributed by atoms with Crippen LogP contribution in [-0.2, 0) is 7.05 Å². The minimum atomic E-state index is 0.216. The molecule has 0 aliphatic carbocycles. The molecule has 124 valence electrons. The highest BCUT2D eigenvalue weighted by Gasteiger charge is 2.15. The van der Waals surface area contributed by atoms with Gasteiger partial charge < -0.3 is 4.42 Å². The van der Waals surface area contributed by atoms with Gasteiger partial charge in [0, 0.05) is 18.3 Å². The van der Waals surface area contributed by atoms with Crippen LogP contribution in [0.2, 0.25) is 0 Å². The van der Waals surface area contributed by atoms with Crippen LogP contribution in [0.15, 0.2) is 59.0 Å². The highest BCUT2D eigenvalue weighted by Crippen LogP contribution is 2.22. The zero-order valence-corrected chi connectivity index (χ0v) is 14.7. The smallest absolute Gasteiger partial charge is 0.234 e. The molecule has 4 aromatic rings. The molecule has 4 rings (SSSR count). The van der Waals surface area contributed by atoms with E-state index >= 15 is 0 Å². The van der Waals surface area contributed by atoms with E-state index in [1.807, 2.05) is 68.6 Å². The lowest BCUT2D eigenvalue weighted by molar-refractivity contribution is 0.578. The van der Waals surface area contributed by atoms with Gasteiger partial charge in [0.15, 0.2) is 15.8 Å². The van der Waals surface area contributed by atoms with E-state index in [9.17, 15) is 0 Å². The lowest BCUT2D eigenvalue weighted by Crippen LogP contribution is -2.23. The third-order valence-corrected chi connectivity index (χ3v) is 4.61. The molecule has 0 saturated heterocycles. The summed E-state index contributed by atoms with van der Waals surface area (Å²) in [7, 11) is 1.83. The number of hydrogen-bond donors (Lipinski definition) is 1. The van der Waals surface area contributed by atoms with Crippen molar-refractivity contribution in [3.05, 3.63) is 70.4 Å². The molecule has 5 nitrogen and oxygen atoms in total. The average molecular weight is 348 g/mol. The van der Waals surface area contributed by atoms with Gasteiger partial charge in [0.1, 0.15) is 0 Å². The van der Waals surface area contributed by atoms with E-state index in [0.29, 0.717) is 21.9 Å². The van der Waals surface area contributed by atoms with Gasteiger partial charge in [-0.3, -0.25) is 14.5 Å². The van der Waals surface area contributed by atoms with Crippen LogP contribution >= 0.6 is 12.2 Å².